The third-order valence-electron chi connectivity index (χ3n) is 6.18. The highest BCUT2D eigenvalue weighted by Crippen LogP contribution is 2.36. The van der Waals surface area contributed by atoms with Crippen molar-refractivity contribution in [2.75, 3.05) is 30.8 Å². The number of sulfonamides is 1. The van der Waals surface area contributed by atoms with E-state index in [1.54, 1.807) is 44.4 Å². The number of amides is 2. The second-order valence-electron chi connectivity index (χ2n) is 8.54. The third kappa shape index (κ3) is 4.74. The van der Waals surface area contributed by atoms with Crippen LogP contribution in [0.5, 0.6) is 11.5 Å². The molecule has 2 N–H and O–H groups in total. The Hall–Kier alpha value is -3.11. The van der Waals surface area contributed by atoms with Crippen LogP contribution in [0.25, 0.3) is 0 Å². The molecule has 0 spiro atoms. The van der Waals surface area contributed by atoms with Crippen LogP contribution in [-0.4, -0.2) is 50.8 Å². The highest BCUT2D eigenvalue weighted by atomic mass is 32.2. The molecule has 0 radical (unpaired) electrons. The van der Waals surface area contributed by atoms with Crippen molar-refractivity contribution < 1.29 is 27.5 Å². The van der Waals surface area contributed by atoms with E-state index in [1.165, 1.54) is 10.4 Å². The lowest BCUT2D eigenvalue weighted by Gasteiger charge is -2.32. The lowest BCUT2D eigenvalue weighted by molar-refractivity contribution is -0.123. The van der Waals surface area contributed by atoms with Gasteiger partial charge in [-0.1, -0.05) is 13.0 Å². The Morgan fingerprint density at radius 1 is 1.29 bits per heavy atom. The molecule has 2 atom stereocenters. The summed E-state index contributed by atoms with van der Waals surface area (Å²) in [6.07, 6.45) is 0.977. The largest absolute Gasteiger partial charge is 0.497 e. The van der Waals surface area contributed by atoms with Crippen LogP contribution in [0.1, 0.15) is 31.7 Å². The van der Waals surface area contributed by atoms with Gasteiger partial charge in [-0.15, -0.1) is 0 Å². The summed E-state index contributed by atoms with van der Waals surface area (Å²) in [6, 6.07) is 10.1. The molecule has 2 amide bonds. The predicted molar refractivity (Wildman–Crippen MR) is 128 cm³/mol. The van der Waals surface area contributed by atoms with Gasteiger partial charge in [0.15, 0.2) is 6.10 Å². The van der Waals surface area contributed by atoms with E-state index in [2.05, 4.69) is 10.6 Å². The average Bonchev–Trinajstić information content (AvgIpc) is 2.83. The second-order valence-corrected chi connectivity index (χ2v) is 10.4. The summed E-state index contributed by atoms with van der Waals surface area (Å²) in [4.78, 5) is 25.1. The Labute approximate surface area is 199 Å². The second kappa shape index (κ2) is 9.63. The highest BCUT2D eigenvalue weighted by Gasteiger charge is 2.36. The average molecular weight is 488 g/mol. The third-order valence-corrected chi connectivity index (χ3v) is 8.18. The quantitative estimate of drug-likeness (QED) is 0.647. The van der Waals surface area contributed by atoms with Gasteiger partial charge in [0.05, 0.1) is 23.6 Å². The molecule has 2 aliphatic heterocycles. The van der Waals surface area contributed by atoms with Gasteiger partial charge in [0.25, 0.3) is 5.91 Å². The molecule has 2 aliphatic rings. The Kier molecular flexibility index (Phi) is 6.81. The Morgan fingerprint density at radius 3 is 2.82 bits per heavy atom. The zero-order valence-corrected chi connectivity index (χ0v) is 20.3. The first-order valence-corrected chi connectivity index (χ1v) is 12.7. The maximum atomic E-state index is 13.6. The fourth-order valence-corrected chi connectivity index (χ4v) is 6.04. The zero-order chi connectivity index (χ0) is 24.5. The molecule has 2 heterocycles. The normalized spacial score (nSPS) is 20.6. The molecule has 4 rings (SSSR count). The van der Waals surface area contributed by atoms with Crippen LogP contribution in [0.15, 0.2) is 41.3 Å². The number of benzene rings is 2. The molecular weight excluding hydrogens is 458 g/mol. The van der Waals surface area contributed by atoms with Crippen molar-refractivity contribution in [3.8, 4) is 11.5 Å². The summed E-state index contributed by atoms with van der Waals surface area (Å²) in [5.41, 5.74) is 1.56. The van der Waals surface area contributed by atoms with Gasteiger partial charge in [-0.25, -0.2) is 8.42 Å². The molecular formula is C24H29N3O6S. The van der Waals surface area contributed by atoms with Crippen molar-refractivity contribution in [1.82, 2.24) is 4.31 Å². The summed E-state index contributed by atoms with van der Waals surface area (Å²) in [5.74, 6) is 0.00273. The van der Waals surface area contributed by atoms with E-state index in [0.717, 1.165) is 0 Å². The topological polar surface area (TPSA) is 114 Å². The molecule has 34 heavy (non-hydrogen) atoms. The molecule has 0 saturated carbocycles. The van der Waals surface area contributed by atoms with Crippen LogP contribution in [0.2, 0.25) is 0 Å². The van der Waals surface area contributed by atoms with E-state index in [-0.39, 0.29) is 23.3 Å². The smallest absolute Gasteiger partial charge is 0.265 e. The van der Waals surface area contributed by atoms with Gasteiger partial charge in [0.2, 0.25) is 15.9 Å². The van der Waals surface area contributed by atoms with E-state index in [0.29, 0.717) is 54.2 Å². The van der Waals surface area contributed by atoms with Gasteiger partial charge in [0.1, 0.15) is 11.5 Å². The Balaban J connectivity index is 1.53. The van der Waals surface area contributed by atoms with Crippen molar-refractivity contribution in [1.29, 1.82) is 0 Å². The van der Waals surface area contributed by atoms with Gasteiger partial charge in [-0.2, -0.15) is 4.31 Å². The fourth-order valence-electron chi connectivity index (χ4n) is 4.29. The molecule has 2 aromatic rings. The molecule has 2 aromatic carbocycles. The molecule has 1 fully saturated rings. The molecule has 9 nitrogen and oxygen atoms in total. The van der Waals surface area contributed by atoms with Gasteiger partial charge < -0.3 is 20.1 Å². The number of rotatable bonds is 6. The van der Waals surface area contributed by atoms with Crippen molar-refractivity contribution in [3.05, 3.63) is 42.0 Å². The molecule has 0 aromatic heterocycles. The van der Waals surface area contributed by atoms with Crippen molar-refractivity contribution in [3.63, 3.8) is 0 Å². The predicted octanol–water partition coefficient (Wildman–Crippen LogP) is 3.15. The Morgan fingerprint density at radius 2 is 2.09 bits per heavy atom. The molecule has 0 bridgehead atoms. The Bertz CT molecular complexity index is 1210. The van der Waals surface area contributed by atoms with Crippen LogP contribution in [-0.2, 0) is 19.6 Å². The van der Waals surface area contributed by atoms with E-state index in [1.807, 2.05) is 6.92 Å². The summed E-state index contributed by atoms with van der Waals surface area (Å²) in [6.45, 7) is 3.93. The van der Waals surface area contributed by atoms with E-state index in [4.69, 9.17) is 9.47 Å². The molecule has 10 heteroatoms. The first kappa shape index (κ1) is 24.0. The molecule has 0 aliphatic carbocycles. The van der Waals surface area contributed by atoms with Gasteiger partial charge in [0, 0.05) is 30.9 Å². The minimum absolute atomic E-state index is 0.0871. The number of carbonyl (C=O) groups is 2. The number of fused-ring (bicyclic) bond motifs is 1. The maximum absolute atomic E-state index is 13.6. The van der Waals surface area contributed by atoms with E-state index in [9.17, 15) is 18.0 Å². The van der Waals surface area contributed by atoms with E-state index >= 15 is 0 Å². The minimum Gasteiger partial charge on any atom is -0.497 e. The lowest BCUT2D eigenvalue weighted by Crippen LogP contribution is -2.44. The molecule has 0 unspecified atom stereocenters. The number of carbonyl (C=O) groups excluding carboxylic acids is 2. The first-order valence-electron chi connectivity index (χ1n) is 11.3. The highest BCUT2D eigenvalue weighted by molar-refractivity contribution is 7.89. The number of piperidine rings is 1. The lowest BCUT2D eigenvalue weighted by atomic mass is 9.98. The number of nitrogens with zero attached hydrogens (tertiary/aromatic N) is 1. The summed E-state index contributed by atoms with van der Waals surface area (Å²) < 4.78 is 39.4. The number of anilines is 2. The summed E-state index contributed by atoms with van der Waals surface area (Å²) in [7, 11) is -2.32. The van der Waals surface area contributed by atoms with Gasteiger partial charge in [-0.05, 0) is 49.9 Å². The van der Waals surface area contributed by atoms with Crippen molar-refractivity contribution >= 4 is 33.2 Å². The molecule has 182 valence electrons. The number of ether oxygens (including phenoxy) is 2. The number of hydrogen-bond acceptors (Lipinski definition) is 6. The number of hydrogen-bond donors (Lipinski definition) is 2. The first-order chi connectivity index (χ1) is 16.2. The van der Waals surface area contributed by atoms with Crippen LogP contribution in [0.4, 0.5) is 11.4 Å². The number of nitrogens with one attached hydrogen (secondary N) is 2. The molecule has 1 saturated heterocycles. The van der Waals surface area contributed by atoms with Crippen LogP contribution >= 0.6 is 0 Å². The van der Waals surface area contributed by atoms with Crippen molar-refractivity contribution in [2.24, 2.45) is 5.92 Å². The van der Waals surface area contributed by atoms with Crippen molar-refractivity contribution in [2.45, 2.75) is 44.1 Å². The monoisotopic (exact) mass is 487 g/mol. The standard InChI is InChI=1S/C24H29N3O6S/c1-4-20-24(29)26-19-11-15(2)22(13-21(19)33-20)34(30,31)27-10-6-7-16(14-27)23(28)25-17-8-5-9-18(12-17)32-3/h5,8-9,11-13,16,20H,4,6-7,10,14H2,1-3H3,(H,25,28)(H,26,29)/t16-,20-/m1/s1. The van der Waals surface area contributed by atoms with E-state index < -0.39 is 22.0 Å². The van der Waals surface area contributed by atoms with Gasteiger partial charge in [-0.3, -0.25) is 9.59 Å². The van der Waals surface area contributed by atoms with Crippen LogP contribution < -0.4 is 20.1 Å². The minimum atomic E-state index is -3.87. The van der Waals surface area contributed by atoms with Crippen LogP contribution in [0.3, 0.4) is 0 Å². The summed E-state index contributed by atoms with van der Waals surface area (Å²) >= 11 is 0. The maximum Gasteiger partial charge on any atom is 0.265 e. The summed E-state index contributed by atoms with van der Waals surface area (Å²) in [5, 5.41) is 5.64. The fraction of sp³-hybridized carbons (Fsp3) is 0.417. The zero-order valence-electron chi connectivity index (χ0n) is 19.5. The number of aryl methyl sites for hydroxylation is 1. The SMILES string of the molecule is CC[C@H]1Oc2cc(S(=O)(=O)N3CCC[C@@H](C(=O)Nc4cccc(OC)c4)C3)c(C)cc2NC1=O. The van der Waals surface area contributed by atoms with Crippen LogP contribution in [0, 0.1) is 12.8 Å². The van der Waals surface area contributed by atoms with Gasteiger partial charge >= 0.3 is 0 Å². The number of methoxy groups -OCH3 is 1.